The van der Waals surface area contributed by atoms with Gasteiger partial charge >= 0.3 is 46.6 Å². The largest absolute Gasteiger partial charge is 2.00 e. The summed E-state index contributed by atoms with van der Waals surface area (Å²) in [5.74, 6) is -5.40. The Morgan fingerprint density at radius 2 is 1.62 bits per heavy atom. The number of aliphatic carboxylic acids is 2. The fourth-order valence-corrected chi connectivity index (χ4v) is 6.29. The Kier molecular flexibility index (Phi) is 12.0. The number of carbonyl (C=O) groups excluding carboxylic acids is 4. The van der Waals surface area contributed by atoms with Gasteiger partial charge in [0.05, 0.1) is 17.4 Å². The Labute approximate surface area is 303 Å². The zero-order valence-corrected chi connectivity index (χ0v) is 29.5. The summed E-state index contributed by atoms with van der Waals surface area (Å²) in [6.45, 7) is 11.0. The van der Waals surface area contributed by atoms with Gasteiger partial charge in [-0.2, -0.15) is 0 Å². The molecule has 2 atom stereocenters. The molecule has 11 nitrogen and oxygen atoms in total. The first-order chi connectivity index (χ1) is 21.4. The molecular formula is C34H29CuN4NaO7-2. The van der Waals surface area contributed by atoms with Gasteiger partial charge in [0.15, 0.2) is 6.29 Å². The van der Waals surface area contributed by atoms with Crippen molar-refractivity contribution in [2.75, 3.05) is 0 Å². The number of aromatic nitrogens is 4. The number of rotatable bonds is 9. The molecule has 2 aliphatic heterocycles. The predicted octanol–water partition coefficient (Wildman–Crippen LogP) is -1.57. The van der Waals surface area contributed by atoms with Crippen molar-refractivity contribution in [3.8, 4) is 0 Å². The normalized spacial score (nSPS) is 15.4. The molecule has 13 heteroatoms. The summed E-state index contributed by atoms with van der Waals surface area (Å²) in [7, 11) is 0. The molecule has 0 N–H and O–H groups in total. The maximum Gasteiger partial charge on any atom is 2.00 e. The molecule has 0 saturated heterocycles. The minimum absolute atomic E-state index is 0. The van der Waals surface area contributed by atoms with E-state index in [0.717, 1.165) is 11.1 Å². The van der Waals surface area contributed by atoms with E-state index in [2.05, 4.69) is 11.6 Å². The summed E-state index contributed by atoms with van der Waals surface area (Å²) in [4.78, 5) is 67.3. The number of aryl methyl sites for hydroxylation is 2. The summed E-state index contributed by atoms with van der Waals surface area (Å²) < 4.78 is 0. The fraction of sp³-hybridized carbons (Fsp3) is 0.294. The molecule has 0 fully saturated rings. The van der Waals surface area contributed by atoms with Crippen LogP contribution in [0.25, 0.3) is 39.3 Å². The molecule has 0 aliphatic carbocycles. The van der Waals surface area contributed by atoms with E-state index in [4.69, 9.17) is 15.0 Å². The van der Waals surface area contributed by atoms with E-state index in [1.165, 1.54) is 6.92 Å². The second-order valence-corrected chi connectivity index (χ2v) is 11.2. The smallest absolute Gasteiger partial charge is 0.657 e. The number of carbonyl (C=O) groups is 4. The molecule has 0 amide bonds. The fourth-order valence-electron chi connectivity index (χ4n) is 6.29. The van der Waals surface area contributed by atoms with Crippen molar-refractivity contribution in [3.63, 3.8) is 0 Å². The topological polar surface area (TPSA) is 191 Å². The molecule has 0 aromatic carbocycles. The van der Waals surface area contributed by atoms with Gasteiger partial charge in [-0.05, 0) is 61.4 Å². The van der Waals surface area contributed by atoms with Gasteiger partial charge in [-0.1, -0.05) is 49.8 Å². The van der Waals surface area contributed by atoms with Gasteiger partial charge in [-0.25, -0.2) is 4.98 Å². The average Bonchev–Trinajstić information content (AvgIpc) is 3.67. The summed E-state index contributed by atoms with van der Waals surface area (Å²) >= 11 is 0. The van der Waals surface area contributed by atoms with Crippen molar-refractivity contribution < 1.29 is 81.1 Å². The third kappa shape index (κ3) is 6.93. The van der Waals surface area contributed by atoms with E-state index in [9.17, 15) is 34.5 Å². The summed E-state index contributed by atoms with van der Waals surface area (Å²) in [6, 6.07) is 4.98. The van der Waals surface area contributed by atoms with Crippen LogP contribution in [0, 0.1) is 13.8 Å². The SMILES string of the molecule is C=Cc1c(C)c2cc3nc(c(CC(=O)[O-])c4[n-]c(cc5nc(cc1[n-]2)C(C=O)=C5CC)c(C)c4C(=O)[O-])C(CCC(=O)[O-])C3C.[Cu+2].[Na+]. The second-order valence-electron chi connectivity index (χ2n) is 11.2. The third-order valence-electron chi connectivity index (χ3n) is 8.64. The summed E-state index contributed by atoms with van der Waals surface area (Å²) in [6.07, 6.45) is 1.77. The molecule has 241 valence electrons. The summed E-state index contributed by atoms with van der Waals surface area (Å²) in [5.41, 5.74) is 4.85. The molecule has 0 saturated carbocycles. The Morgan fingerprint density at radius 3 is 2.19 bits per heavy atom. The minimum Gasteiger partial charge on any atom is -0.657 e. The van der Waals surface area contributed by atoms with Crippen LogP contribution in [0.3, 0.4) is 0 Å². The monoisotopic (exact) mass is 691 g/mol. The molecule has 5 heterocycles. The van der Waals surface area contributed by atoms with Crippen molar-refractivity contribution in [3.05, 3.63) is 75.4 Å². The molecule has 47 heavy (non-hydrogen) atoms. The molecule has 3 aromatic rings. The maximum absolute atomic E-state index is 12.5. The van der Waals surface area contributed by atoms with Crippen LogP contribution in [-0.2, 0) is 37.9 Å². The molecule has 0 spiro atoms. The van der Waals surface area contributed by atoms with Gasteiger partial charge in [0.2, 0.25) is 0 Å². The van der Waals surface area contributed by atoms with Crippen molar-refractivity contribution in [1.29, 1.82) is 0 Å². The van der Waals surface area contributed by atoms with Crippen LogP contribution in [0.15, 0.2) is 24.8 Å². The average molecular weight is 692 g/mol. The molecule has 2 aliphatic rings. The first-order valence-corrected chi connectivity index (χ1v) is 14.5. The third-order valence-corrected chi connectivity index (χ3v) is 8.64. The van der Waals surface area contributed by atoms with Crippen molar-refractivity contribution >= 4 is 63.5 Å². The van der Waals surface area contributed by atoms with Gasteiger partial charge in [-0.15, -0.1) is 22.1 Å². The number of carboxylic acids is 3. The molecule has 8 bridgehead atoms. The van der Waals surface area contributed by atoms with Crippen LogP contribution >= 0.6 is 0 Å². The Hall–Kier alpha value is -3.80. The molecule has 5 rings (SSSR count). The predicted molar refractivity (Wildman–Crippen MR) is 160 cm³/mol. The van der Waals surface area contributed by atoms with Crippen LogP contribution in [-0.4, -0.2) is 34.2 Å². The number of carboxylic acid groups (broad SMARTS) is 3. The number of nitrogens with zero attached hydrogens (tertiary/aromatic N) is 4. The Balaban J connectivity index is 0.00000300. The first-order valence-electron chi connectivity index (χ1n) is 14.5. The summed E-state index contributed by atoms with van der Waals surface area (Å²) in [5, 5.41) is 36.1. The van der Waals surface area contributed by atoms with Gasteiger partial charge in [0.1, 0.15) is 0 Å². The number of hydrogen-bond donors (Lipinski definition) is 0. The van der Waals surface area contributed by atoms with E-state index in [1.54, 1.807) is 24.3 Å². The first kappa shape index (κ1) is 37.7. The molecular weight excluding hydrogens is 663 g/mol. The Morgan fingerprint density at radius 1 is 0.957 bits per heavy atom. The molecule has 1 radical (unpaired) electrons. The zero-order valence-electron chi connectivity index (χ0n) is 26.5. The van der Waals surface area contributed by atoms with Crippen LogP contribution in [0.2, 0.25) is 0 Å². The van der Waals surface area contributed by atoms with Gasteiger partial charge in [0, 0.05) is 47.2 Å². The van der Waals surface area contributed by atoms with Crippen LogP contribution in [0.1, 0.15) is 100 Å². The number of aldehydes is 1. The second kappa shape index (κ2) is 15.0. The quantitative estimate of drug-likeness (QED) is 0.186. The van der Waals surface area contributed by atoms with E-state index in [1.807, 2.05) is 20.8 Å². The van der Waals surface area contributed by atoms with E-state index >= 15 is 0 Å². The van der Waals surface area contributed by atoms with Crippen molar-refractivity contribution in [2.45, 2.75) is 65.2 Å². The zero-order chi connectivity index (χ0) is 32.7. The van der Waals surface area contributed by atoms with Gasteiger partial charge in [-0.3, -0.25) is 9.78 Å². The van der Waals surface area contributed by atoms with Crippen LogP contribution in [0.5, 0.6) is 0 Å². The minimum atomic E-state index is -1.58. The number of allylic oxidation sites excluding steroid dienone is 2. The van der Waals surface area contributed by atoms with Gasteiger partial charge < -0.3 is 39.7 Å². The van der Waals surface area contributed by atoms with Gasteiger partial charge in [0.25, 0.3) is 0 Å². The van der Waals surface area contributed by atoms with Crippen molar-refractivity contribution in [2.24, 2.45) is 0 Å². The van der Waals surface area contributed by atoms with E-state index < -0.39 is 36.2 Å². The Bertz CT molecular complexity index is 2010. The van der Waals surface area contributed by atoms with Crippen LogP contribution < -0.4 is 54.8 Å². The number of hydrogen-bond acceptors (Lipinski definition) is 9. The number of aromatic carboxylic acids is 1. The van der Waals surface area contributed by atoms with E-state index in [-0.39, 0.29) is 92.9 Å². The van der Waals surface area contributed by atoms with E-state index in [0.29, 0.717) is 52.0 Å². The molecule has 3 aromatic heterocycles. The van der Waals surface area contributed by atoms with Crippen molar-refractivity contribution in [1.82, 2.24) is 19.9 Å². The molecule has 2 unspecified atom stereocenters. The number of fused-ring (bicyclic) bond motifs is 8. The van der Waals surface area contributed by atoms with Crippen LogP contribution in [0.4, 0.5) is 0 Å². The standard InChI is InChI=1S/C34H34N4O7.Cu.Na/c1-6-18-15(3)23-11-24-16(4)20(8-9-29(40)41)32(37-24)21(10-30(42)43)33-31(34(44)45)17(5)25(38-33)12-27-19(7-2)22(14-39)28(36-27)13-26(18)35-23;;/h6,11-14,16,20H,1,7-10H2,2-5H3,(H5,35,36,37,38,39,40,41,42,43,44,45);;/q;+2;+1/p-5. The maximum atomic E-state index is 12.5.